The summed E-state index contributed by atoms with van der Waals surface area (Å²) in [5.41, 5.74) is 0. The summed E-state index contributed by atoms with van der Waals surface area (Å²) in [6, 6.07) is 0. The van der Waals surface area contributed by atoms with Crippen molar-refractivity contribution in [2.45, 2.75) is 77.6 Å². The highest BCUT2D eigenvalue weighted by molar-refractivity contribution is 7.99. The van der Waals surface area contributed by atoms with Crippen LogP contribution >= 0.6 is 11.8 Å². The van der Waals surface area contributed by atoms with Gasteiger partial charge >= 0.3 is 0 Å². The van der Waals surface area contributed by atoms with Crippen molar-refractivity contribution >= 4 is 11.8 Å². The van der Waals surface area contributed by atoms with Gasteiger partial charge < -0.3 is 5.11 Å². The average molecular weight is 260 g/mol. The van der Waals surface area contributed by atoms with Crippen LogP contribution in [-0.2, 0) is 0 Å². The first-order chi connectivity index (χ1) is 8.41. The van der Waals surface area contributed by atoms with Gasteiger partial charge in [-0.05, 0) is 30.8 Å². The second kappa shape index (κ2) is 16.3. The van der Waals surface area contributed by atoms with E-state index in [1.54, 1.807) is 0 Å². The van der Waals surface area contributed by atoms with Crippen molar-refractivity contribution < 1.29 is 5.11 Å². The Hall–Kier alpha value is 0.310. The summed E-state index contributed by atoms with van der Waals surface area (Å²) in [6.07, 6.45) is 14.7. The molecule has 0 atom stereocenters. The molecule has 0 aliphatic rings. The molecule has 2 heteroatoms. The molecule has 0 fully saturated rings. The maximum atomic E-state index is 8.64. The molecule has 0 spiro atoms. The SMILES string of the molecule is CCCCCCCCSCCCCCCCO. The molecule has 1 nitrogen and oxygen atoms in total. The van der Waals surface area contributed by atoms with E-state index in [0.29, 0.717) is 6.61 Å². The molecule has 0 unspecified atom stereocenters. The molecule has 1 N–H and O–H groups in total. The van der Waals surface area contributed by atoms with E-state index in [1.807, 2.05) is 0 Å². The third-order valence-corrected chi connectivity index (χ3v) is 4.24. The van der Waals surface area contributed by atoms with Crippen LogP contribution in [0.4, 0.5) is 0 Å². The smallest absolute Gasteiger partial charge is 0.0431 e. The fourth-order valence-corrected chi connectivity index (χ4v) is 2.95. The fraction of sp³-hybridized carbons (Fsp3) is 1.00. The zero-order valence-electron chi connectivity index (χ0n) is 11.8. The molecule has 17 heavy (non-hydrogen) atoms. The van der Waals surface area contributed by atoms with Gasteiger partial charge in [0.25, 0.3) is 0 Å². The number of aliphatic hydroxyl groups excluding tert-OH is 1. The van der Waals surface area contributed by atoms with E-state index in [4.69, 9.17) is 5.11 Å². The highest BCUT2D eigenvalue weighted by Crippen LogP contribution is 2.12. The Morgan fingerprint density at radius 3 is 1.65 bits per heavy atom. The number of rotatable bonds is 14. The predicted molar refractivity (Wildman–Crippen MR) is 80.9 cm³/mol. The minimum atomic E-state index is 0.368. The van der Waals surface area contributed by atoms with Crippen molar-refractivity contribution in [3.05, 3.63) is 0 Å². The average Bonchev–Trinajstić information content (AvgIpc) is 2.35. The number of hydrogen-bond acceptors (Lipinski definition) is 2. The summed E-state index contributed by atoms with van der Waals surface area (Å²) in [7, 11) is 0. The van der Waals surface area contributed by atoms with Crippen LogP contribution in [0.2, 0.25) is 0 Å². The largest absolute Gasteiger partial charge is 0.396 e. The topological polar surface area (TPSA) is 20.2 Å². The second-order valence-corrected chi connectivity index (χ2v) is 6.10. The van der Waals surface area contributed by atoms with Gasteiger partial charge in [0.05, 0.1) is 0 Å². The molecule has 0 saturated carbocycles. The molecule has 0 heterocycles. The van der Waals surface area contributed by atoms with Gasteiger partial charge in [0.15, 0.2) is 0 Å². The number of hydrogen-bond donors (Lipinski definition) is 1. The molecule has 0 bridgehead atoms. The molecular weight excluding hydrogens is 228 g/mol. The monoisotopic (exact) mass is 260 g/mol. The van der Waals surface area contributed by atoms with E-state index in [0.717, 1.165) is 6.42 Å². The highest BCUT2D eigenvalue weighted by Gasteiger charge is 1.93. The van der Waals surface area contributed by atoms with Crippen LogP contribution in [0.3, 0.4) is 0 Å². The molecule has 104 valence electrons. The summed E-state index contributed by atoms with van der Waals surface area (Å²) in [4.78, 5) is 0. The van der Waals surface area contributed by atoms with Gasteiger partial charge in [0.1, 0.15) is 0 Å². The van der Waals surface area contributed by atoms with Crippen LogP contribution in [0.15, 0.2) is 0 Å². The van der Waals surface area contributed by atoms with E-state index in [9.17, 15) is 0 Å². The summed E-state index contributed by atoms with van der Waals surface area (Å²) in [6.45, 7) is 2.64. The third kappa shape index (κ3) is 16.3. The zero-order valence-corrected chi connectivity index (χ0v) is 12.6. The van der Waals surface area contributed by atoms with Crippen molar-refractivity contribution in [3.8, 4) is 0 Å². The number of thioether (sulfide) groups is 1. The van der Waals surface area contributed by atoms with Gasteiger partial charge in [-0.15, -0.1) is 0 Å². The lowest BCUT2D eigenvalue weighted by Gasteiger charge is -2.02. The Labute approximate surface area is 113 Å². The summed E-state index contributed by atoms with van der Waals surface area (Å²) >= 11 is 2.13. The van der Waals surface area contributed by atoms with E-state index in [1.165, 1.54) is 75.7 Å². The van der Waals surface area contributed by atoms with E-state index in [2.05, 4.69) is 18.7 Å². The van der Waals surface area contributed by atoms with Crippen LogP contribution in [0.25, 0.3) is 0 Å². The van der Waals surface area contributed by atoms with Gasteiger partial charge in [-0.3, -0.25) is 0 Å². The molecule has 0 aliphatic carbocycles. The van der Waals surface area contributed by atoms with Crippen LogP contribution in [0, 0.1) is 0 Å². The van der Waals surface area contributed by atoms with Crippen LogP contribution in [-0.4, -0.2) is 23.2 Å². The molecule has 0 aliphatic heterocycles. The first-order valence-electron chi connectivity index (χ1n) is 7.60. The van der Waals surface area contributed by atoms with Crippen LogP contribution in [0.1, 0.15) is 77.6 Å². The van der Waals surface area contributed by atoms with E-state index in [-0.39, 0.29) is 0 Å². The Morgan fingerprint density at radius 1 is 0.647 bits per heavy atom. The van der Waals surface area contributed by atoms with Crippen LogP contribution < -0.4 is 0 Å². The second-order valence-electron chi connectivity index (χ2n) is 4.87. The lowest BCUT2D eigenvalue weighted by atomic mass is 10.1. The Morgan fingerprint density at radius 2 is 1.12 bits per heavy atom. The summed E-state index contributed by atoms with van der Waals surface area (Å²) < 4.78 is 0. The van der Waals surface area contributed by atoms with Gasteiger partial charge in [0, 0.05) is 6.61 Å². The van der Waals surface area contributed by atoms with Gasteiger partial charge in [-0.1, -0.05) is 58.3 Å². The molecule has 0 rings (SSSR count). The Balaban J connectivity index is 2.85. The number of unbranched alkanes of at least 4 members (excludes halogenated alkanes) is 9. The standard InChI is InChI=1S/C15H32OS/c1-2-3-4-5-8-11-14-17-15-12-9-6-7-10-13-16/h16H,2-15H2,1H3. The molecule has 0 amide bonds. The van der Waals surface area contributed by atoms with Crippen molar-refractivity contribution in [3.63, 3.8) is 0 Å². The zero-order chi connectivity index (χ0) is 12.6. The number of aliphatic hydroxyl groups is 1. The summed E-state index contributed by atoms with van der Waals surface area (Å²) in [5, 5.41) is 8.64. The van der Waals surface area contributed by atoms with Gasteiger partial charge in [0.2, 0.25) is 0 Å². The lowest BCUT2D eigenvalue weighted by molar-refractivity contribution is 0.282. The molecule has 0 aromatic heterocycles. The Kier molecular flexibility index (Phi) is 16.6. The van der Waals surface area contributed by atoms with Crippen molar-refractivity contribution in [1.82, 2.24) is 0 Å². The van der Waals surface area contributed by atoms with Gasteiger partial charge in [-0.2, -0.15) is 11.8 Å². The molecule has 0 radical (unpaired) electrons. The highest BCUT2D eigenvalue weighted by atomic mass is 32.2. The van der Waals surface area contributed by atoms with Crippen molar-refractivity contribution in [2.24, 2.45) is 0 Å². The third-order valence-electron chi connectivity index (χ3n) is 3.09. The van der Waals surface area contributed by atoms with Crippen molar-refractivity contribution in [2.75, 3.05) is 18.1 Å². The normalized spacial score (nSPS) is 10.9. The first kappa shape index (κ1) is 17.3. The van der Waals surface area contributed by atoms with Crippen LogP contribution in [0.5, 0.6) is 0 Å². The summed E-state index contributed by atoms with van der Waals surface area (Å²) in [5.74, 6) is 2.71. The van der Waals surface area contributed by atoms with Gasteiger partial charge in [-0.25, -0.2) is 0 Å². The quantitative estimate of drug-likeness (QED) is 0.442. The predicted octanol–water partition coefficient (Wildman–Crippen LogP) is 5.02. The molecule has 0 saturated heterocycles. The maximum absolute atomic E-state index is 8.64. The minimum absolute atomic E-state index is 0.368. The first-order valence-corrected chi connectivity index (χ1v) is 8.76. The Bertz CT molecular complexity index is 114. The maximum Gasteiger partial charge on any atom is 0.0431 e. The fourth-order valence-electron chi connectivity index (χ4n) is 1.93. The lowest BCUT2D eigenvalue weighted by Crippen LogP contribution is -1.87. The minimum Gasteiger partial charge on any atom is -0.396 e. The van der Waals surface area contributed by atoms with E-state index < -0.39 is 0 Å². The molecule has 0 aromatic rings. The van der Waals surface area contributed by atoms with E-state index >= 15 is 0 Å². The van der Waals surface area contributed by atoms with Crippen molar-refractivity contribution in [1.29, 1.82) is 0 Å². The molecule has 0 aromatic carbocycles. The molecular formula is C15H32OS.